The van der Waals surface area contributed by atoms with Crippen LogP contribution in [0.2, 0.25) is 0 Å². The van der Waals surface area contributed by atoms with Crippen molar-refractivity contribution < 1.29 is 22.6 Å². The number of methoxy groups -OCH3 is 1. The number of para-hydroxylation sites is 1. The number of hydrogen-bond acceptors (Lipinski definition) is 2. The number of halogens is 3. The number of alkyl halides is 3. The summed E-state index contributed by atoms with van der Waals surface area (Å²) in [6.07, 6.45) is -3.34. The lowest BCUT2D eigenvalue weighted by atomic mass is 10.2. The SMILES string of the molecule is C=Cc1cccc(OC(F)(F)F)c1OC. The molecule has 0 heterocycles. The average molecular weight is 218 g/mol. The highest BCUT2D eigenvalue weighted by Crippen LogP contribution is 2.35. The van der Waals surface area contributed by atoms with Crippen molar-refractivity contribution in [2.24, 2.45) is 0 Å². The van der Waals surface area contributed by atoms with Crippen molar-refractivity contribution >= 4 is 6.08 Å². The molecule has 0 aromatic heterocycles. The molecule has 1 aromatic rings. The highest BCUT2D eigenvalue weighted by molar-refractivity contribution is 5.61. The Hall–Kier alpha value is -1.65. The van der Waals surface area contributed by atoms with E-state index in [2.05, 4.69) is 11.3 Å². The monoisotopic (exact) mass is 218 g/mol. The second-order valence-corrected chi connectivity index (χ2v) is 2.63. The second-order valence-electron chi connectivity index (χ2n) is 2.63. The molecule has 0 saturated heterocycles. The van der Waals surface area contributed by atoms with Gasteiger partial charge in [-0.15, -0.1) is 13.2 Å². The molecule has 0 fully saturated rings. The molecule has 1 rings (SSSR count). The summed E-state index contributed by atoms with van der Waals surface area (Å²) in [4.78, 5) is 0. The maximum atomic E-state index is 12.0. The third-order valence-electron chi connectivity index (χ3n) is 1.66. The van der Waals surface area contributed by atoms with Crippen LogP contribution in [0.4, 0.5) is 13.2 Å². The van der Waals surface area contributed by atoms with Crippen molar-refractivity contribution in [1.29, 1.82) is 0 Å². The van der Waals surface area contributed by atoms with Gasteiger partial charge in [0.1, 0.15) is 0 Å². The van der Waals surface area contributed by atoms with Gasteiger partial charge in [0.05, 0.1) is 7.11 Å². The van der Waals surface area contributed by atoms with Gasteiger partial charge in [-0.05, 0) is 6.07 Å². The second kappa shape index (κ2) is 4.25. The molecule has 0 unspecified atom stereocenters. The Morgan fingerprint density at radius 3 is 2.47 bits per heavy atom. The van der Waals surface area contributed by atoms with E-state index in [0.29, 0.717) is 5.56 Å². The first-order valence-corrected chi connectivity index (χ1v) is 4.03. The lowest BCUT2D eigenvalue weighted by molar-refractivity contribution is -0.275. The lowest BCUT2D eigenvalue weighted by Crippen LogP contribution is -2.17. The van der Waals surface area contributed by atoms with Gasteiger partial charge in [0.25, 0.3) is 0 Å². The predicted molar refractivity (Wildman–Crippen MR) is 49.8 cm³/mol. The molecule has 0 aliphatic heterocycles. The van der Waals surface area contributed by atoms with Crippen LogP contribution in [0, 0.1) is 0 Å². The smallest absolute Gasteiger partial charge is 0.492 e. The van der Waals surface area contributed by atoms with E-state index >= 15 is 0 Å². The number of ether oxygens (including phenoxy) is 2. The van der Waals surface area contributed by atoms with Crippen molar-refractivity contribution in [3.05, 3.63) is 30.3 Å². The van der Waals surface area contributed by atoms with E-state index in [4.69, 9.17) is 4.74 Å². The first kappa shape index (κ1) is 11.4. The summed E-state index contributed by atoms with van der Waals surface area (Å²) in [5.41, 5.74) is 0.444. The van der Waals surface area contributed by atoms with E-state index in [9.17, 15) is 13.2 Å². The molecule has 0 atom stereocenters. The van der Waals surface area contributed by atoms with Crippen molar-refractivity contribution in [1.82, 2.24) is 0 Å². The largest absolute Gasteiger partial charge is 0.573 e. The van der Waals surface area contributed by atoms with Gasteiger partial charge < -0.3 is 9.47 Å². The molecule has 1 aromatic carbocycles. The minimum atomic E-state index is -4.73. The van der Waals surface area contributed by atoms with Crippen LogP contribution in [0.15, 0.2) is 24.8 Å². The number of hydrogen-bond donors (Lipinski definition) is 0. The van der Waals surface area contributed by atoms with Crippen molar-refractivity contribution in [2.75, 3.05) is 7.11 Å². The van der Waals surface area contributed by atoms with Crippen LogP contribution in [0.25, 0.3) is 6.08 Å². The Morgan fingerprint density at radius 1 is 1.33 bits per heavy atom. The van der Waals surface area contributed by atoms with E-state index in [-0.39, 0.29) is 11.5 Å². The molecular weight excluding hydrogens is 209 g/mol. The highest BCUT2D eigenvalue weighted by atomic mass is 19.4. The molecule has 2 nitrogen and oxygen atoms in total. The molecule has 0 radical (unpaired) electrons. The van der Waals surface area contributed by atoms with Gasteiger partial charge in [-0.3, -0.25) is 0 Å². The molecule has 0 amide bonds. The quantitative estimate of drug-likeness (QED) is 0.775. The Kier molecular flexibility index (Phi) is 3.24. The predicted octanol–water partition coefficient (Wildman–Crippen LogP) is 3.24. The Balaban J connectivity index is 3.12. The van der Waals surface area contributed by atoms with Gasteiger partial charge in [-0.2, -0.15) is 0 Å². The van der Waals surface area contributed by atoms with Crippen molar-refractivity contribution in [2.45, 2.75) is 6.36 Å². The van der Waals surface area contributed by atoms with Gasteiger partial charge in [-0.1, -0.05) is 24.8 Å². The van der Waals surface area contributed by atoms with E-state index in [1.54, 1.807) is 6.07 Å². The van der Waals surface area contributed by atoms with Crippen LogP contribution in [0.3, 0.4) is 0 Å². The topological polar surface area (TPSA) is 18.5 Å². The third kappa shape index (κ3) is 2.90. The van der Waals surface area contributed by atoms with E-state index in [1.165, 1.54) is 25.3 Å². The summed E-state index contributed by atoms with van der Waals surface area (Å²) in [6, 6.07) is 4.19. The van der Waals surface area contributed by atoms with Crippen LogP contribution in [-0.2, 0) is 0 Å². The van der Waals surface area contributed by atoms with Gasteiger partial charge in [-0.25, -0.2) is 0 Å². The molecule has 0 aliphatic rings. The van der Waals surface area contributed by atoms with Crippen LogP contribution in [-0.4, -0.2) is 13.5 Å². The minimum absolute atomic E-state index is 0.0184. The summed E-state index contributed by atoms with van der Waals surface area (Å²) in [7, 11) is 1.27. The van der Waals surface area contributed by atoms with Crippen LogP contribution >= 0.6 is 0 Å². The van der Waals surface area contributed by atoms with Crippen molar-refractivity contribution in [3.63, 3.8) is 0 Å². The normalized spacial score (nSPS) is 10.9. The maximum Gasteiger partial charge on any atom is 0.573 e. The summed E-state index contributed by atoms with van der Waals surface area (Å²) >= 11 is 0. The zero-order valence-electron chi connectivity index (χ0n) is 7.97. The first-order valence-electron chi connectivity index (χ1n) is 4.03. The summed E-state index contributed by atoms with van der Waals surface area (Å²) in [6.45, 7) is 3.46. The Bertz CT molecular complexity index is 358. The molecular formula is C10H9F3O2. The fraction of sp³-hybridized carbons (Fsp3) is 0.200. The summed E-state index contributed by atoms with van der Waals surface area (Å²) < 4.78 is 44.6. The van der Waals surface area contributed by atoms with Crippen LogP contribution in [0.1, 0.15) is 5.56 Å². The number of benzene rings is 1. The third-order valence-corrected chi connectivity index (χ3v) is 1.66. The zero-order chi connectivity index (χ0) is 11.5. The molecule has 0 spiro atoms. The highest BCUT2D eigenvalue weighted by Gasteiger charge is 2.32. The molecule has 5 heteroatoms. The molecule has 0 aliphatic carbocycles. The maximum absolute atomic E-state index is 12.0. The summed E-state index contributed by atoms with van der Waals surface area (Å²) in [5.74, 6) is -0.354. The zero-order valence-corrected chi connectivity index (χ0v) is 7.97. The van der Waals surface area contributed by atoms with Crippen LogP contribution in [0.5, 0.6) is 11.5 Å². The standard InChI is InChI=1S/C10H9F3O2/c1-3-7-5-4-6-8(9(7)14-2)15-10(11,12)13/h3-6H,1H2,2H3. The fourth-order valence-electron chi connectivity index (χ4n) is 1.12. The van der Waals surface area contributed by atoms with Gasteiger partial charge in [0, 0.05) is 5.56 Å². The molecule has 82 valence electrons. The minimum Gasteiger partial charge on any atom is -0.492 e. The van der Waals surface area contributed by atoms with E-state index in [1.807, 2.05) is 0 Å². The van der Waals surface area contributed by atoms with E-state index < -0.39 is 6.36 Å². The van der Waals surface area contributed by atoms with Gasteiger partial charge >= 0.3 is 6.36 Å². The molecule has 0 N–H and O–H groups in total. The number of rotatable bonds is 3. The Morgan fingerprint density at radius 2 is 2.00 bits per heavy atom. The molecule has 0 saturated carbocycles. The van der Waals surface area contributed by atoms with Crippen molar-refractivity contribution in [3.8, 4) is 11.5 Å². The lowest BCUT2D eigenvalue weighted by Gasteiger charge is -2.13. The van der Waals surface area contributed by atoms with E-state index in [0.717, 1.165) is 0 Å². The van der Waals surface area contributed by atoms with Gasteiger partial charge in [0.2, 0.25) is 0 Å². The van der Waals surface area contributed by atoms with Crippen LogP contribution < -0.4 is 9.47 Å². The molecule has 0 bridgehead atoms. The summed E-state index contributed by atoms with van der Waals surface area (Å²) in [5, 5.41) is 0. The fourth-order valence-corrected chi connectivity index (χ4v) is 1.12. The average Bonchev–Trinajstić information content (AvgIpc) is 2.15. The molecule has 15 heavy (non-hydrogen) atoms. The van der Waals surface area contributed by atoms with Gasteiger partial charge in [0.15, 0.2) is 11.5 Å². The first-order chi connectivity index (χ1) is 6.98. The Labute approximate surface area is 84.9 Å².